The van der Waals surface area contributed by atoms with Crippen molar-refractivity contribution in [3.63, 3.8) is 0 Å². The van der Waals surface area contributed by atoms with Gasteiger partial charge in [-0.1, -0.05) is 30.3 Å². The number of hydrogen-bond acceptors (Lipinski definition) is 3. The van der Waals surface area contributed by atoms with Gasteiger partial charge in [-0.2, -0.15) is 13.2 Å². The van der Waals surface area contributed by atoms with Gasteiger partial charge < -0.3 is 20.1 Å². The molecule has 154 valence electrons. The number of rotatable bonds is 7. The SMILES string of the molecule is CN=C(NCc1cccc(OC)c1)NCc1ccccc1OCC(F)(F)F.I. The lowest BCUT2D eigenvalue weighted by Gasteiger charge is -2.15. The molecule has 0 saturated heterocycles. The molecule has 0 atom stereocenters. The predicted octanol–water partition coefficient (Wildman–Crippen LogP) is 4.12. The van der Waals surface area contributed by atoms with Gasteiger partial charge in [0.25, 0.3) is 0 Å². The Morgan fingerprint density at radius 1 is 1.04 bits per heavy atom. The fourth-order valence-corrected chi connectivity index (χ4v) is 2.32. The summed E-state index contributed by atoms with van der Waals surface area (Å²) in [5.74, 6) is 1.46. The van der Waals surface area contributed by atoms with Crippen molar-refractivity contribution in [3.05, 3.63) is 59.7 Å². The Bertz CT molecular complexity index is 770. The zero-order valence-electron chi connectivity index (χ0n) is 15.5. The molecule has 5 nitrogen and oxygen atoms in total. The lowest BCUT2D eigenvalue weighted by molar-refractivity contribution is -0.153. The van der Waals surface area contributed by atoms with E-state index in [9.17, 15) is 13.2 Å². The van der Waals surface area contributed by atoms with Gasteiger partial charge in [-0.15, -0.1) is 24.0 Å². The largest absolute Gasteiger partial charge is 0.497 e. The number of halogens is 4. The van der Waals surface area contributed by atoms with E-state index in [1.807, 2.05) is 24.3 Å². The molecule has 0 unspecified atom stereocenters. The topological polar surface area (TPSA) is 54.9 Å². The molecule has 0 aliphatic heterocycles. The molecular formula is C19H23F3IN3O2. The van der Waals surface area contributed by atoms with Crippen LogP contribution >= 0.6 is 24.0 Å². The summed E-state index contributed by atoms with van der Waals surface area (Å²) < 4.78 is 47.2. The molecule has 2 aromatic carbocycles. The Morgan fingerprint density at radius 2 is 1.75 bits per heavy atom. The van der Waals surface area contributed by atoms with Gasteiger partial charge in [0.05, 0.1) is 7.11 Å². The van der Waals surface area contributed by atoms with E-state index in [0.29, 0.717) is 18.1 Å². The Hall–Kier alpha value is -2.17. The third kappa shape index (κ3) is 8.24. The molecule has 2 N–H and O–H groups in total. The van der Waals surface area contributed by atoms with Crippen molar-refractivity contribution in [2.45, 2.75) is 19.3 Å². The number of nitrogens with one attached hydrogen (secondary N) is 2. The quantitative estimate of drug-likeness (QED) is 0.335. The first-order chi connectivity index (χ1) is 12.9. The molecule has 9 heteroatoms. The number of aliphatic imine (C=N–C) groups is 1. The highest BCUT2D eigenvalue weighted by Gasteiger charge is 2.28. The number of benzene rings is 2. The van der Waals surface area contributed by atoms with Crippen LogP contribution in [0.4, 0.5) is 13.2 Å². The van der Waals surface area contributed by atoms with Crippen LogP contribution in [0.25, 0.3) is 0 Å². The fraction of sp³-hybridized carbons (Fsp3) is 0.316. The molecule has 2 aromatic rings. The highest BCUT2D eigenvalue weighted by molar-refractivity contribution is 14.0. The van der Waals surface area contributed by atoms with Crippen LogP contribution < -0.4 is 20.1 Å². The maximum absolute atomic E-state index is 12.4. The lowest BCUT2D eigenvalue weighted by atomic mass is 10.2. The number of hydrogen-bond donors (Lipinski definition) is 2. The number of guanidine groups is 1. The second-order valence-electron chi connectivity index (χ2n) is 5.64. The maximum atomic E-state index is 12.4. The van der Waals surface area contributed by atoms with E-state index < -0.39 is 12.8 Å². The first kappa shape index (κ1) is 23.9. The van der Waals surface area contributed by atoms with Gasteiger partial charge in [0.2, 0.25) is 0 Å². The lowest BCUT2D eigenvalue weighted by Crippen LogP contribution is -2.36. The summed E-state index contributed by atoms with van der Waals surface area (Å²) in [6, 6.07) is 14.2. The third-order valence-corrected chi connectivity index (χ3v) is 3.63. The number of nitrogens with zero attached hydrogens (tertiary/aromatic N) is 1. The second kappa shape index (κ2) is 11.6. The smallest absolute Gasteiger partial charge is 0.422 e. The zero-order valence-corrected chi connectivity index (χ0v) is 17.9. The fourth-order valence-electron chi connectivity index (χ4n) is 2.32. The van der Waals surface area contributed by atoms with E-state index in [-0.39, 0.29) is 36.3 Å². The monoisotopic (exact) mass is 509 g/mol. The van der Waals surface area contributed by atoms with E-state index in [1.54, 1.807) is 32.4 Å². The standard InChI is InChI=1S/C19H22F3N3O2.HI/c1-23-18(24-11-14-6-5-8-16(10-14)26-2)25-12-15-7-3-4-9-17(15)27-13-19(20,21)22;/h3-10H,11-13H2,1-2H3,(H2,23,24,25);1H. The van der Waals surface area contributed by atoms with Crippen molar-refractivity contribution in [2.24, 2.45) is 4.99 Å². The molecular weight excluding hydrogens is 486 g/mol. The van der Waals surface area contributed by atoms with Crippen LogP contribution in [0.1, 0.15) is 11.1 Å². The third-order valence-electron chi connectivity index (χ3n) is 3.63. The van der Waals surface area contributed by atoms with Crippen LogP contribution in [-0.4, -0.2) is 32.9 Å². The minimum Gasteiger partial charge on any atom is -0.497 e. The van der Waals surface area contributed by atoms with Gasteiger partial charge in [-0.3, -0.25) is 4.99 Å². The van der Waals surface area contributed by atoms with E-state index in [4.69, 9.17) is 9.47 Å². The van der Waals surface area contributed by atoms with Gasteiger partial charge in [0, 0.05) is 25.7 Å². The molecule has 0 fully saturated rings. The Labute approximate surface area is 179 Å². The summed E-state index contributed by atoms with van der Waals surface area (Å²) in [6.07, 6.45) is -4.38. The second-order valence-corrected chi connectivity index (χ2v) is 5.64. The van der Waals surface area contributed by atoms with Crippen molar-refractivity contribution >= 4 is 29.9 Å². The summed E-state index contributed by atoms with van der Waals surface area (Å²) in [6.45, 7) is -0.540. The number of ether oxygens (including phenoxy) is 2. The molecule has 0 aliphatic carbocycles. The molecule has 0 saturated carbocycles. The van der Waals surface area contributed by atoms with Crippen molar-refractivity contribution < 1.29 is 22.6 Å². The molecule has 2 rings (SSSR count). The number of para-hydroxylation sites is 1. The van der Waals surface area contributed by atoms with Crippen LogP contribution in [0.3, 0.4) is 0 Å². The first-order valence-corrected chi connectivity index (χ1v) is 8.26. The number of methoxy groups -OCH3 is 1. The van der Waals surface area contributed by atoms with Crippen molar-refractivity contribution in [3.8, 4) is 11.5 Å². The van der Waals surface area contributed by atoms with Crippen LogP contribution in [0.5, 0.6) is 11.5 Å². The predicted molar refractivity (Wildman–Crippen MR) is 113 cm³/mol. The van der Waals surface area contributed by atoms with Gasteiger partial charge in [0.1, 0.15) is 11.5 Å². The minimum absolute atomic E-state index is 0. The average molecular weight is 509 g/mol. The highest BCUT2D eigenvalue weighted by Crippen LogP contribution is 2.22. The summed E-state index contributed by atoms with van der Waals surface area (Å²) in [5, 5.41) is 6.21. The van der Waals surface area contributed by atoms with Crippen LogP contribution in [0.2, 0.25) is 0 Å². The van der Waals surface area contributed by atoms with Gasteiger partial charge in [0.15, 0.2) is 12.6 Å². The molecule has 0 heterocycles. The van der Waals surface area contributed by atoms with Crippen LogP contribution in [0.15, 0.2) is 53.5 Å². The molecule has 0 aromatic heterocycles. The normalized spacial score (nSPS) is 11.4. The average Bonchev–Trinajstić information content (AvgIpc) is 2.66. The summed E-state index contributed by atoms with van der Waals surface area (Å²) in [5.41, 5.74) is 1.61. The highest BCUT2D eigenvalue weighted by atomic mass is 127. The van der Waals surface area contributed by atoms with Crippen LogP contribution in [0, 0.1) is 0 Å². The molecule has 0 aliphatic rings. The Balaban J connectivity index is 0.00000392. The summed E-state index contributed by atoms with van der Waals surface area (Å²) in [7, 11) is 3.22. The van der Waals surface area contributed by atoms with Gasteiger partial charge >= 0.3 is 6.18 Å². The maximum Gasteiger partial charge on any atom is 0.422 e. The Morgan fingerprint density at radius 3 is 2.43 bits per heavy atom. The van der Waals surface area contributed by atoms with E-state index in [1.165, 1.54) is 6.07 Å². The van der Waals surface area contributed by atoms with Gasteiger partial charge in [-0.05, 0) is 23.8 Å². The van der Waals surface area contributed by atoms with E-state index >= 15 is 0 Å². The molecule has 0 spiro atoms. The van der Waals surface area contributed by atoms with Crippen molar-refractivity contribution in [2.75, 3.05) is 20.8 Å². The molecule has 0 bridgehead atoms. The summed E-state index contributed by atoms with van der Waals surface area (Å²) >= 11 is 0. The van der Waals surface area contributed by atoms with E-state index in [0.717, 1.165) is 11.3 Å². The summed E-state index contributed by atoms with van der Waals surface area (Å²) in [4.78, 5) is 4.12. The van der Waals surface area contributed by atoms with Crippen LogP contribution in [-0.2, 0) is 13.1 Å². The molecule has 0 amide bonds. The molecule has 0 radical (unpaired) electrons. The van der Waals surface area contributed by atoms with E-state index in [2.05, 4.69) is 15.6 Å². The first-order valence-electron chi connectivity index (χ1n) is 8.26. The van der Waals surface area contributed by atoms with Crippen molar-refractivity contribution in [1.82, 2.24) is 10.6 Å². The zero-order chi connectivity index (χ0) is 19.7. The molecule has 28 heavy (non-hydrogen) atoms. The minimum atomic E-state index is -4.38. The number of alkyl halides is 3. The van der Waals surface area contributed by atoms with Gasteiger partial charge in [-0.25, -0.2) is 0 Å². The van der Waals surface area contributed by atoms with Crippen molar-refractivity contribution in [1.29, 1.82) is 0 Å². The Kier molecular flexibility index (Phi) is 9.91.